The van der Waals surface area contributed by atoms with Gasteiger partial charge in [0.25, 0.3) is 0 Å². The summed E-state index contributed by atoms with van der Waals surface area (Å²) in [6, 6.07) is 38.8. The molecule has 2 fully saturated rings. The lowest BCUT2D eigenvalue weighted by Gasteiger charge is -2.46. The highest BCUT2D eigenvalue weighted by molar-refractivity contribution is 7.22. The second kappa shape index (κ2) is 15.0. The lowest BCUT2D eigenvalue weighted by molar-refractivity contribution is -0.188. The molecule has 47 heavy (non-hydrogen) atoms. The van der Waals surface area contributed by atoms with E-state index < -0.39 is 5.67 Å². The number of ether oxygens (including phenoxy) is 3. The second-order valence-electron chi connectivity index (χ2n) is 12.7. The molecular weight excluding hydrogens is 610 g/mol. The van der Waals surface area contributed by atoms with Crippen molar-refractivity contribution < 1.29 is 18.6 Å². The maximum atomic E-state index is 16.7. The highest BCUT2D eigenvalue weighted by atomic mass is 32.1. The number of thiazole rings is 1. The minimum atomic E-state index is -1.31. The minimum absolute atomic E-state index is 0.292. The van der Waals surface area contributed by atoms with Gasteiger partial charge in [0, 0.05) is 45.6 Å². The molecule has 6 nitrogen and oxygen atoms in total. The largest absolute Gasteiger partial charge is 0.369 e. The fourth-order valence-electron chi connectivity index (χ4n) is 6.64. The Morgan fingerprint density at radius 3 is 1.68 bits per heavy atom. The Bertz CT molecular complexity index is 1590. The van der Waals surface area contributed by atoms with E-state index in [0.29, 0.717) is 65.4 Å². The van der Waals surface area contributed by atoms with Gasteiger partial charge < -0.3 is 19.1 Å². The molecule has 2 saturated heterocycles. The van der Waals surface area contributed by atoms with Crippen LogP contribution in [0.5, 0.6) is 0 Å². The van der Waals surface area contributed by atoms with E-state index in [9.17, 15) is 0 Å². The first-order valence-corrected chi connectivity index (χ1v) is 17.4. The van der Waals surface area contributed by atoms with Crippen LogP contribution in [0.2, 0.25) is 0 Å². The fourth-order valence-corrected chi connectivity index (χ4v) is 7.66. The number of piperidine rings is 2. The normalized spacial score (nSPS) is 21.6. The summed E-state index contributed by atoms with van der Waals surface area (Å²) in [4.78, 5) is 9.27. The molecule has 2 aliphatic heterocycles. The van der Waals surface area contributed by atoms with Crippen molar-refractivity contribution in [3.05, 3.63) is 132 Å². The highest BCUT2D eigenvalue weighted by Gasteiger charge is 2.44. The van der Waals surface area contributed by atoms with Crippen LogP contribution in [0.15, 0.2) is 115 Å². The average Bonchev–Trinajstić information content (AvgIpc) is 3.55. The van der Waals surface area contributed by atoms with Crippen LogP contribution >= 0.6 is 11.3 Å². The first-order valence-electron chi connectivity index (χ1n) is 16.6. The molecule has 0 saturated carbocycles. The van der Waals surface area contributed by atoms with Crippen molar-refractivity contribution in [3.8, 4) is 0 Å². The van der Waals surface area contributed by atoms with E-state index >= 15 is 4.39 Å². The number of halogens is 1. The van der Waals surface area contributed by atoms with Crippen LogP contribution in [-0.4, -0.2) is 66.6 Å². The molecule has 0 amide bonds. The first kappa shape index (κ1) is 31.9. The van der Waals surface area contributed by atoms with Gasteiger partial charge in [-0.3, -0.25) is 4.90 Å². The number of fused-ring (bicyclic) bond motifs is 1. The van der Waals surface area contributed by atoms with E-state index in [1.165, 1.54) is 4.70 Å². The van der Waals surface area contributed by atoms with E-state index in [4.69, 9.17) is 19.2 Å². The number of alkyl halides is 1. The van der Waals surface area contributed by atoms with Crippen LogP contribution in [0, 0.1) is 0 Å². The Labute approximate surface area is 280 Å². The zero-order chi connectivity index (χ0) is 31.9. The molecule has 4 aromatic carbocycles. The fraction of sp³-hybridized carbons (Fsp3) is 0.359. The maximum absolute atomic E-state index is 16.7. The lowest BCUT2D eigenvalue weighted by Crippen LogP contribution is -2.60. The second-order valence-corrected chi connectivity index (χ2v) is 13.7. The van der Waals surface area contributed by atoms with Crippen molar-refractivity contribution in [2.24, 2.45) is 0 Å². The third kappa shape index (κ3) is 8.26. The van der Waals surface area contributed by atoms with Crippen molar-refractivity contribution in [1.29, 1.82) is 0 Å². The minimum Gasteiger partial charge on any atom is -0.369 e. The number of anilines is 1. The number of aromatic nitrogens is 1. The summed E-state index contributed by atoms with van der Waals surface area (Å²) in [5.74, 6) is 0. The van der Waals surface area contributed by atoms with Crippen LogP contribution in [-0.2, 0) is 34.0 Å². The van der Waals surface area contributed by atoms with E-state index in [1.807, 2.05) is 72.8 Å². The van der Waals surface area contributed by atoms with E-state index in [1.54, 1.807) is 11.3 Å². The number of hydrogen-bond donors (Lipinski definition) is 0. The molecule has 5 aromatic rings. The number of hydrogen-bond acceptors (Lipinski definition) is 7. The molecule has 0 aliphatic carbocycles. The SMILES string of the molecule is FC1(CN2C[C@H](OCc3ccccc3)C(OCc3ccccc3)[C@H](OCc3ccccc3)C2)CCN(c2nc3ccccc3s2)CC1. The predicted molar refractivity (Wildman–Crippen MR) is 186 cm³/mol. The van der Waals surface area contributed by atoms with Gasteiger partial charge in [-0.25, -0.2) is 9.37 Å². The summed E-state index contributed by atoms with van der Waals surface area (Å²) >= 11 is 1.69. The zero-order valence-corrected chi connectivity index (χ0v) is 27.4. The third-order valence-corrected chi connectivity index (χ3v) is 10.3. The first-order chi connectivity index (χ1) is 23.1. The van der Waals surface area contributed by atoms with Crippen molar-refractivity contribution in [3.63, 3.8) is 0 Å². The Hall–Kier alpha value is -3.66. The molecule has 244 valence electrons. The maximum Gasteiger partial charge on any atom is 0.186 e. The third-order valence-electron chi connectivity index (χ3n) is 9.23. The standard InChI is InChI=1S/C39H42FN3O3S/c40-39(20-22-43(23-21-39)38-41-33-18-10-11-19-36(33)47-38)29-42-24-34(44-26-30-12-4-1-5-13-30)37(46-28-32-16-8-3-9-17-32)35(25-42)45-27-31-14-6-2-7-15-31/h1-19,34-35,37H,20-29H2/t34-,35+,37?. The predicted octanol–water partition coefficient (Wildman–Crippen LogP) is 7.68. The van der Waals surface area contributed by atoms with Gasteiger partial charge >= 0.3 is 0 Å². The number of benzene rings is 4. The summed E-state index contributed by atoms with van der Waals surface area (Å²) in [6.07, 6.45) is 0.0201. The van der Waals surface area contributed by atoms with Crippen molar-refractivity contribution >= 4 is 26.7 Å². The summed E-state index contributed by atoms with van der Waals surface area (Å²) < 4.78 is 37.7. The summed E-state index contributed by atoms with van der Waals surface area (Å²) in [7, 11) is 0. The molecular formula is C39H42FN3O3S. The molecule has 1 unspecified atom stereocenters. The van der Waals surface area contributed by atoms with Gasteiger partial charge in [0.05, 0.1) is 42.2 Å². The lowest BCUT2D eigenvalue weighted by atomic mass is 9.91. The van der Waals surface area contributed by atoms with Gasteiger partial charge in [0.1, 0.15) is 11.8 Å². The number of para-hydroxylation sites is 1. The van der Waals surface area contributed by atoms with E-state index in [0.717, 1.165) is 27.3 Å². The van der Waals surface area contributed by atoms with Gasteiger partial charge in [-0.1, -0.05) is 114 Å². The quantitative estimate of drug-likeness (QED) is 0.138. The number of rotatable bonds is 12. The van der Waals surface area contributed by atoms with Gasteiger partial charge in [-0.05, 0) is 28.8 Å². The van der Waals surface area contributed by atoms with Gasteiger partial charge in [-0.15, -0.1) is 0 Å². The number of likely N-dealkylation sites (tertiary alicyclic amines) is 1. The smallest absolute Gasteiger partial charge is 0.186 e. The Morgan fingerprint density at radius 1 is 0.660 bits per heavy atom. The topological polar surface area (TPSA) is 47.1 Å². The van der Waals surface area contributed by atoms with E-state index in [-0.39, 0.29) is 18.3 Å². The van der Waals surface area contributed by atoms with Crippen LogP contribution in [0.25, 0.3) is 10.2 Å². The van der Waals surface area contributed by atoms with Crippen molar-refractivity contribution in [1.82, 2.24) is 9.88 Å². The Kier molecular flexibility index (Phi) is 10.2. The van der Waals surface area contributed by atoms with Gasteiger partial charge in [0.2, 0.25) is 0 Å². The zero-order valence-electron chi connectivity index (χ0n) is 26.6. The van der Waals surface area contributed by atoms with Gasteiger partial charge in [-0.2, -0.15) is 0 Å². The van der Waals surface area contributed by atoms with Crippen LogP contribution < -0.4 is 4.90 Å². The molecule has 0 spiro atoms. The van der Waals surface area contributed by atoms with Crippen LogP contribution in [0.3, 0.4) is 0 Å². The Balaban J connectivity index is 1.07. The van der Waals surface area contributed by atoms with Crippen LogP contribution in [0.1, 0.15) is 29.5 Å². The van der Waals surface area contributed by atoms with Crippen molar-refractivity contribution in [2.75, 3.05) is 37.6 Å². The Morgan fingerprint density at radius 2 is 1.15 bits per heavy atom. The molecule has 0 N–H and O–H groups in total. The monoisotopic (exact) mass is 651 g/mol. The molecule has 3 atom stereocenters. The molecule has 2 aliphatic rings. The molecule has 3 heterocycles. The van der Waals surface area contributed by atoms with Crippen molar-refractivity contribution in [2.45, 2.75) is 56.6 Å². The molecule has 0 bridgehead atoms. The molecule has 7 rings (SSSR count). The molecule has 1 aromatic heterocycles. The number of nitrogens with zero attached hydrogens (tertiary/aromatic N) is 3. The summed E-state index contributed by atoms with van der Waals surface area (Å²) in [5.41, 5.74) is 2.99. The van der Waals surface area contributed by atoms with Gasteiger partial charge in [0.15, 0.2) is 5.13 Å². The van der Waals surface area contributed by atoms with Crippen LogP contribution in [0.4, 0.5) is 9.52 Å². The summed E-state index contributed by atoms with van der Waals surface area (Å²) in [6.45, 7) is 4.14. The average molecular weight is 652 g/mol. The highest BCUT2D eigenvalue weighted by Crippen LogP contribution is 2.35. The molecule has 8 heteroatoms. The van der Waals surface area contributed by atoms with E-state index in [2.05, 4.69) is 52.3 Å². The summed E-state index contributed by atoms with van der Waals surface area (Å²) in [5, 5.41) is 0.980. The molecule has 0 radical (unpaired) electrons.